The second-order valence-electron chi connectivity index (χ2n) is 5.51. The minimum Gasteiger partial charge on any atom is -0.467 e. The van der Waals surface area contributed by atoms with Gasteiger partial charge in [-0.3, -0.25) is 0 Å². The Morgan fingerprint density at radius 1 is 1.25 bits per heavy atom. The summed E-state index contributed by atoms with van der Waals surface area (Å²) in [6.45, 7) is 0.688. The zero-order chi connectivity index (χ0) is 16.5. The van der Waals surface area contributed by atoms with Gasteiger partial charge in [0.15, 0.2) is 6.79 Å². The second kappa shape index (κ2) is 6.19. The van der Waals surface area contributed by atoms with Gasteiger partial charge in [-0.25, -0.2) is 4.79 Å². The van der Waals surface area contributed by atoms with E-state index in [1.165, 1.54) is 0 Å². The quantitative estimate of drug-likeness (QED) is 0.729. The van der Waals surface area contributed by atoms with E-state index in [1.807, 2.05) is 24.3 Å². The van der Waals surface area contributed by atoms with Crippen molar-refractivity contribution in [2.45, 2.75) is 13.2 Å². The van der Waals surface area contributed by atoms with E-state index in [2.05, 4.69) is 4.98 Å². The third kappa shape index (κ3) is 2.84. The molecule has 1 aliphatic rings. The number of benzene rings is 2. The zero-order valence-electron chi connectivity index (χ0n) is 12.7. The molecule has 0 unspecified atom stereocenters. The number of hydrogen-bond acceptors (Lipinski definition) is 4. The number of aromatic amines is 1. The van der Waals surface area contributed by atoms with Crippen LogP contribution in [0.1, 0.15) is 21.6 Å². The Labute approximate surface area is 143 Å². The molecular formula is C18H14ClNO4. The Bertz CT molecular complexity index is 886. The van der Waals surface area contributed by atoms with E-state index in [9.17, 15) is 4.79 Å². The third-order valence-corrected chi connectivity index (χ3v) is 4.08. The highest BCUT2D eigenvalue weighted by Gasteiger charge is 2.18. The van der Waals surface area contributed by atoms with Gasteiger partial charge < -0.3 is 19.2 Å². The summed E-state index contributed by atoms with van der Waals surface area (Å²) < 4.78 is 16.2. The number of carbonyl (C=O) groups is 1. The predicted molar refractivity (Wildman–Crippen MR) is 89.2 cm³/mol. The van der Waals surface area contributed by atoms with E-state index < -0.39 is 5.97 Å². The van der Waals surface area contributed by atoms with Crippen molar-refractivity contribution in [3.63, 3.8) is 0 Å². The van der Waals surface area contributed by atoms with Crippen LogP contribution in [0.15, 0.2) is 42.5 Å². The molecule has 0 atom stereocenters. The molecule has 4 rings (SSSR count). The molecule has 5 nitrogen and oxygen atoms in total. The molecule has 2 heterocycles. The summed E-state index contributed by atoms with van der Waals surface area (Å²) >= 11 is 6.11. The normalized spacial score (nSPS) is 13.4. The molecule has 0 radical (unpaired) electrons. The number of hydrogen-bond donors (Lipinski definition) is 1. The third-order valence-electron chi connectivity index (χ3n) is 3.86. The van der Waals surface area contributed by atoms with Gasteiger partial charge in [0.1, 0.15) is 18.1 Å². The highest BCUT2D eigenvalue weighted by molar-refractivity contribution is 6.30. The average Bonchev–Trinajstić information content (AvgIpc) is 3.03. The van der Waals surface area contributed by atoms with Gasteiger partial charge in [0.2, 0.25) is 0 Å². The highest BCUT2D eigenvalue weighted by atomic mass is 35.5. The Morgan fingerprint density at radius 2 is 2.12 bits per heavy atom. The highest BCUT2D eigenvalue weighted by Crippen LogP contribution is 2.32. The summed E-state index contributed by atoms with van der Waals surface area (Å²) in [7, 11) is 0. The molecule has 0 aliphatic carbocycles. The number of aromatic nitrogens is 1. The maximum atomic E-state index is 12.3. The molecule has 0 saturated heterocycles. The van der Waals surface area contributed by atoms with Crippen molar-refractivity contribution in [3.8, 4) is 5.75 Å². The van der Waals surface area contributed by atoms with E-state index in [4.69, 9.17) is 25.8 Å². The van der Waals surface area contributed by atoms with E-state index in [0.717, 1.165) is 22.0 Å². The fourth-order valence-electron chi connectivity index (χ4n) is 2.77. The van der Waals surface area contributed by atoms with E-state index in [0.29, 0.717) is 23.1 Å². The number of rotatable bonds is 3. The first-order valence-corrected chi connectivity index (χ1v) is 7.85. The summed E-state index contributed by atoms with van der Waals surface area (Å²) in [6.07, 6.45) is 0. The molecule has 0 spiro atoms. The summed E-state index contributed by atoms with van der Waals surface area (Å²) in [5.41, 5.74) is 2.89. The van der Waals surface area contributed by atoms with Crippen molar-refractivity contribution < 1.29 is 19.0 Å². The second-order valence-corrected chi connectivity index (χ2v) is 5.95. The van der Waals surface area contributed by atoms with E-state index in [-0.39, 0.29) is 13.4 Å². The number of halogens is 1. The summed E-state index contributed by atoms with van der Waals surface area (Å²) in [6, 6.07) is 13.0. The molecule has 24 heavy (non-hydrogen) atoms. The van der Waals surface area contributed by atoms with Gasteiger partial charge in [0.25, 0.3) is 0 Å². The molecule has 0 amide bonds. The van der Waals surface area contributed by atoms with Crippen LogP contribution in [0, 0.1) is 0 Å². The van der Waals surface area contributed by atoms with Gasteiger partial charge in [-0.05, 0) is 24.3 Å². The van der Waals surface area contributed by atoms with Crippen LogP contribution in [0.25, 0.3) is 10.9 Å². The molecule has 1 aromatic heterocycles. The first-order valence-electron chi connectivity index (χ1n) is 7.47. The largest absolute Gasteiger partial charge is 0.467 e. The Hall–Kier alpha value is -2.50. The summed E-state index contributed by atoms with van der Waals surface area (Å²) in [5.74, 6) is 0.252. The SMILES string of the molecule is O=C(OCc1cc(Cl)cc2c1OCOC2)c1cc2ccccc2[nH]1. The van der Waals surface area contributed by atoms with Crippen LogP contribution >= 0.6 is 11.6 Å². The topological polar surface area (TPSA) is 60.6 Å². The predicted octanol–water partition coefficient (Wildman–Crippen LogP) is 4.04. The smallest absolute Gasteiger partial charge is 0.355 e. The number of H-pyrrole nitrogens is 1. The molecular weight excluding hydrogens is 330 g/mol. The Balaban J connectivity index is 1.54. The van der Waals surface area contributed by atoms with E-state index >= 15 is 0 Å². The lowest BCUT2D eigenvalue weighted by Crippen LogP contribution is -2.14. The fraction of sp³-hybridized carbons (Fsp3) is 0.167. The van der Waals surface area contributed by atoms with Gasteiger partial charge in [-0.1, -0.05) is 29.8 Å². The molecule has 1 N–H and O–H groups in total. The van der Waals surface area contributed by atoms with Crippen molar-refractivity contribution in [1.29, 1.82) is 0 Å². The van der Waals surface area contributed by atoms with Crippen molar-refractivity contribution in [1.82, 2.24) is 4.98 Å². The monoisotopic (exact) mass is 343 g/mol. The van der Waals surface area contributed by atoms with Gasteiger partial charge in [-0.2, -0.15) is 0 Å². The molecule has 0 saturated carbocycles. The number of ether oxygens (including phenoxy) is 3. The van der Waals surface area contributed by atoms with Gasteiger partial charge in [0.05, 0.1) is 6.61 Å². The maximum Gasteiger partial charge on any atom is 0.355 e. The average molecular weight is 344 g/mol. The van der Waals surface area contributed by atoms with Crippen molar-refractivity contribution in [2.75, 3.05) is 6.79 Å². The number of carbonyl (C=O) groups excluding carboxylic acids is 1. The van der Waals surface area contributed by atoms with Crippen molar-refractivity contribution in [2.24, 2.45) is 0 Å². The lowest BCUT2D eigenvalue weighted by molar-refractivity contribution is -0.0180. The molecule has 122 valence electrons. The van der Waals surface area contributed by atoms with E-state index in [1.54, 1.807) is 18.2 Å². The zero-order valence-corrected chi connectivity index (χ0v) is 13.4. The van der Waals surface area contributed by atoms with Crippen LogP contribution < -0.4 is 4.74 Å². The van der Waals surface area contributed by atoms with Gasteiger partial charge in [-0.15, -0.1) is 0 Å². The molecule has 2 aromatic carbocycles. The van der Waals surface area contributed by atoms with Crippen LogP contribution in [0.3, 0.4) is 0 Å². The lowest BCUT2D eigenvalue weighted by atomic mass is 10.1. The molecule has 3 aromatic rings. The van der Waals surface area contributed by atoms with Crippen LogP contribution in [-0.4, -0.2) is 17.7 Å². The molecule has 0 bridgehead atoms. The van der Waals surface area contributed by atoms with Crippen molar-refractivity contribution in [3.05, 3.63) is 64.3 Å². The fourth-order valence-corrected chi connectivity index (χ4v) is 3.03. The van der Waals surface area contributed by atoms with Gasteiger partial charge >= 0.3 is 5.97 Å². The minimum atomic E-state index is -0.424. The Morgan fingerprint density at radius 3 is 3.00 bits per heavy atom. The summed E-state index contributed by atoms with van der Waals surface area (Å²) in [5, 5.41) is 1.52. The number of esters is 1. The number of nitrogens with one attached hydrogen (secondary N) is 1. The van der Waals surface area contributed by atoms with Crippen molar-refractivity contribution >= 4 is 28.5 Å². The standard InChI is InChI=1S/C18H14ClNO4/c19-14-5-12-8-22-10-24-17(12)13(6-14)9-23-18(21)16-7-11-3-1-2-4-15(11)20-16/h1-7,20H,8-10H2. The number of para-hydroxylation sites is 1. The lowest BCUT2D eigenvalue weighted by Gasteiger charge is -2.21. The van der Waals surface area contributed by atoms with Crippen LogP contribution in [0.2, 0.25) is 5.02 Å². The summed E-state index contributed by atoms with van der Waals surface area (Å²) in [4.78, 5) is 15.3. The Kier molecular flexibility index (Phi) is 3.88. The van der Waals surface area contributed by atoms with Crippen LogP contribution in [0.5, 0.6) is 5.75 Å². The minimum absolute atomic E-state index is 0.0804. The molecule has 0 fully saturated rings. The number of fused-ring (bicyclic) bond motifs is 2. The first kappa shape index (κ1) is 15.1. The molecule has 1 aliphatic heterocycles. The molecule has 6 heteroatoms. The maximum absolute atomic E-state index is 12.3. The first-order chi connectivity index (χ1) is 11.7. The van der Waals surface area contributed by atoms with Gasteiger partial charge in [0, 0.05) is 27.1 Å². The van der Waals surface area contributed by atoms with Crippen LogP contribution in [0.4, 0.5) is 0 Å². The van der Waals surface area contributed by atoms with Crippen LogP contribution in [-0.2, 0) is 22.7 Å².